The number of carbonyl (C=O) groups is 1. The monoisotopic (exact) mass is 338 g/mol. The van der Waals surface area contributed by atoms with Crippen LogP contribution in [0.4, 0.5) is 4.39 Å². The molecule has 2 heterocycles. The summed E-state index contributed by atoms with van der Waals surface area (Å²) in [6, 6.07) is 7.27. The lowest BCUT2D eigenvalue weighted by Gasteiger charge is -2.34. The molecule has 0 bridgehead atoms. The van der Waals surface area contributed by atoms with E-state index in [1.807, 2.05) is 6.07 Å². The molecule has 25 heavy (non-hydrogen) atoms. The number of likely N-dealkylation sites (tertiary alicyclic amines) is 1. The van der Waals surface area contributed by atoms with Crippen LogP contribution in [0.25, 0.3) is 0 Å². The largest absolute Gasteiger partial charge is 0.472 e. The van der Waals surface area contributed by atoms with E-state index in [1.54, 1.807) is 11.0 Å². The van der Waals surface area contributed by atoms with Gasteiger partial charge in [-0.05, 0) is 24.3 Å². The van der Waals surface area contributed by atoms with Gasteiger partial charge in [-0.1, -0.05) is 11.8 Å². The molecule has 1 aromatic carbocycles. The first-order valence-corrected chi connectivity index (χ1v) is 7.77. The van der Waals surface area contributed by atoms with Gasteiger partial charge in [0, 0.05) is 31.5 Å². The normalized spacial score (nSPS) is 15.8. The topological polar surface area (TPSA) is 77.5 Å². The summed E-state index contributed by atoms with van der Waals surface area (Å²) >= 11 is 0. The molecule has 1 fully saturated rings. The lowest BCUT2D eigenvalue weighted by Crippen LogP contribution is -2.46. The number of rotatable bonds is 1. The van der Waals surface area contributed by atoms with Gasteiger partial charge in [-0.15, -0.1) is 0 Å². The third-order valence-electron chi connectivity index (χ3n) is 4.11. The Kier molecular flexibility index (Phi) is 4.56. The molecule has 1 N–H and O–H groups in total. The number of benzene rings is 1. The Morgan fingerprint density at radius 2 is 2.00 bits per heavy atom. The SMILES string of the molecule is N#Cc1cc(F)cc(C#CC2(O)CCN(C(=O)c3ccoc3)CC2)c1. The summed E-state index contributed by atoms with van der Waals surface area (Å²) in [4.78, 5) is 13.9. The smallest absolute Gasteiger partial charge is 0.257 e. The first kappa shape index (κ1) is 16.8. The molecule has 1 aliphatic rings. The third-order valence-corrected chi connectivity index (χ3v) is 4.11. The Bertz CT molecular complexity index is 880. The molecule has 1 amide bonds. The van der Waals surface area contributed by atoms with Crippen LogP contribution >= 0.6 is 0 Å². The van der Waals surface area contributed by atoms with Crippen LogP contribution < -0.4 is 0 Å². The number of amides is 1. The first-order valence-electron chi connectivity index (χ1n) is 7.77. The molecule has 6 heteroatoms. The molecule has 1 aliphatic heterocycles. The second-order valence-electron chi connectivity index (χ2n) is 5.93. The van der Waals surface area contributed by atoms with Crippen molar-refractivity contribution < 1.29 is 18.7 Å². The number of furan rings is 1. The summed E-state index contributed by atoms with van der Waals surface area (Å²) in [5, 5.41) is 19.4. The maximum Gasteiger partial charge on any atom is 0.257 e. The van der Waals surface area contributed by atoms with Gasteiger partial charge in [-0.3, -0.25) is 4.79 Å². The molecule has 0 spiro atoms. The Morgan fingerprint density at radius 1 is 1.28 bits per heavy atom. The van der Waals surface area contributed by atoms with Crippen molar-refractivity contribution in [1.29, 1.82) is 5.26 Å². The lowest BCUT2D eigenvalue weighted by molar-refractivity contribution is 0.0248. The van der Waals surface area contributed by atoms with E-state index in [9.17, 15) is 14.3 Å². The van der Waals surface area contributed by atoms with E-state index in [2.05, 4.69) is 11.8 Å². The molecule has 0 aliphatic carbocycles. The molecule has 126 valence electrons. The van der Waals surface area contributed by atoms with Crippen molar-refractivity contribution >= 4 is 5.91 Å². The Hall–Kier alpha value is -3.09. The molecule has 0 radical (unpaired) electrons. The Morgan fingerprint density at radius 3 is 2.64 bits per heavy atom. The van der Waals surface area contributed by atoms with E-state index in [4.69, 9.17) is 9.68 Å². The van der Waals surface area contributed by atoms with Crippen LogP contribution in [0.2, 0.25) is 0 Å². The third kappa shape index (κ3) is 3.88. The van der Waals surface area contributed by atoms with Gasteiger partial charge in [0.25, 0.3) is 5.91 Å². The van der Waals surface area contributed by atoms with Crippen molar-refractivity contribution in [2.45, 2.75) is 18.4 Å². The van der Waals surface area contributed by atoms with Crippen molar-refractivity contribution in [3.63, 3.8) is 0 Å². The van der Waals surface area contributed by atoms with Crippen molar-refractivity contribution in [3.8, 4) is 17.9 Å². The zero-order valence-corrected chi connectivity index (χ0v) is 13.3. The highest BCUT2D eigenvalue weighted by molar-refractivity contribution is 5.93. The Labute approximate surface area is 144 Å². The molecule has 1 saturated heterocycles. The number of carbonyl (C=O) groups excluding carboxylic acids is 1. The van der Waals surface area contributed by atoms with Crippen LogP contribution in [-0.2, 0) is 0 Å². The van der Waals surface area contributed by atoms with Crippen LogP contribution in [0, 0.1) is 29.0 Å². The highest BCUT2D eigenvalue weighted by Gasteiger charge is 2.32. The van der Waals surface area contributed by atoms with Crippen molar-refractivity contribution in [2.75, 3.05) is 13.1 Å². The summed E-state index contributed by atoms with van der Waals surface area (Å²) < 4.78 is 18.3. The number of hydrogen-bond acceptors (Lipinski definition) is 4. The molecule has 3 rings (SSSR count). The number of halogens is 1. The van der Waals surface area contributed by atoms with Gasteiger partial charge in [0.15, 0.2) is 0 Å². The fraction of sp³-hybridized carbons (Fsp3) is 0.263. The minimum atomic E-state index is -1.24. The summed E-state index contributed by atoms with van der Waals surface area (Å²) in [5.74, 6) is 4.80. The number of nitrogens with zero attached hydrogens (tertiary/aromatic N) is 2. The molecule has 0 unspecified atom stereocenters. The molecule has 1 aromatic heterocycles. The van der Waals surface area contributed by atoms with E-state index in [-0.39, 0.29) is 11.5 Å². The van der Waals surface area contributed by atoms with Crippen molar-refractivity contribution in [1.82, 2.24) is 4.90 Å². The number of piperidine rings is 1. The van der Waals surface area contributed by atoms with Crippen molar-refractivity contribution in [2.24, 2.45) is 0 Å². The summed E-state index contributed by atoms with van der Waals surface area (Å²) in [5.41, 5.74) is -0.259. The Balaban J connectivity index is 1.69. The minimum Gasteiger partial charge on any atom is -0.472 e. The van der Waals surface area contributed by atoms with E-state index in [0.29, 0.717) is 37.1 Å². The zero-order chi connectivity index (χ0) is 17.9. The van der Waals surface area contributed by atoms with E-state index >= 15 is 0 Å². The number of hydrogen-bond donors (Lipinski definition) is 1. The van der Waals surface area contributed by atoms with Gasteiger partial charge in [0.1, 0.15) is 17.7 Å². The standard InChI is InChI=1S/C19H15FN2O3/c20-17-10-14(9-15(11-17)12-21)1-3-19(24)4-6-22(7-5-19)18(23)16-2-8-25-13-16/h2,8-11,13,24H,4-7H2. The quantitative estimate of drug-likeness (QED) is 0.810. The van der Waals surface area contributed by atoms with Crippen LogP contribution in [0.3, 0.4) is 0 Å². The predicted octanol–water partition coefficient (Wildman–Crippen LogP) is 2.31. The summed E-state index contributed by atoms with van der Waals surface area (Å²) in [6.45, 7) is 0.726. The van der Waals surface area contributed by atoms with Gasteiger partial charge in [0.2, 0.25) is 0 Å². The molecular formula is C19H15FN2O3. The summed E-state index contributed by atoms with van der Waals surface area (Å²) in [6.07, 6.45) is 3.42. The van der Waals surface area contributed by atoms with E-state index in [0.717, 1.165) is 6.07 Å². The maximum atomic E-state index is 13.4. The van der Waals surface area contributed by atoms with E-state index in [1.165, 1.54) is 24.7 Å². The zero-order valence-electron chi connectivity index (χ0n) is 13.3. The molecular weight excluding hydrogens is 323 g/mol. The van der Waals surface area contributed by atoms with Crippen LogP contribution in [0.15, 0.2) is 41.2 Å². The first-order chi connectivity index (χ1) is 12.0. The fourth-order valence-corrected chi connectivity index (χ4v) is 2.69. The molecule has 5 nitrogen and oxygen atoms in total. The van der Waals surface area contributed by atoms with Crippen molar-refractivity contribution in [3.05, 3.63) is 59.3 Å². The minimum absolute atomic E-state index is 0.146. The van der Waals surface area contributed by atoms with Gasteiger partial charge in [0.05, 0.1) is 23.5 Å². The maximum absolute atomic E-state index is 13.4. The lowest BCUT2D eigenvalue weighted by atomic mass is 9.91. The summed E-state index contributed by atoms with van der Waals surface area (Å²) in [7, 11) is 0. The molecule has 0 saturated carbocycles. The number of nitriles is 1. The molecule has 0 atom stereocenters. The van der Waals surface area contributed by atoms with Crippen LogP contribution in [0.5, 0.6) is 0 Å². The predicted molar refractivity (Wildman–Crippen MR) is 86.8 cm³/mol. The van der Waals surface area contributed by atoms with Gasteiger partial charge in [-0.2, -0.15) is 5.26 Å². The highest BCUT2D eigenvalue weighted by atomic mass is 19.1. The van der Waals surface area contributed by atoms with E-state index < -0.39 is 11.4 Å². The highest BCUT2D eigenvalue weighted by Crippen LogP contribution is 2.23. The van der Waals surface area contributed by atoms with Gasteiger partial charge >= 0.3 is 0 Å². The second-order valence-corrected chi connectivity index (χ2v) is 5.93. The van der Waals surface area contributed by atoms with Crippen LogP contribution in [0.1, 0.15) is 34.3 Å². The molecule has 2 aromatic rings. The fourth-order valence-electron chi connectivity index (χ4n) is 2.69. The van der Waals surface area contributed by atoms with Gasteiger partial charge in [-0.25, -0.2) is 4.39 Å². The average molecular weight is 338 g/mol. The number of aliphatic hydroxyl groups is 1. The second kappa shape index (κ2) is 6.80. The van der Waals surface area contributed by atoms with Gasteiger partial charge < -0.3 is 14.4 Å². The van der Waals surface area contributed by atoms with Crippen LogP contribution in [-0.4, -0.2) is 34.6 Å². The average Bonchev–Trinajstić information content (AvgIpc) is 3.14.